The van der Waals surface area contributed by atoms with Gasteiger partial charge in [0.15, 0.2) is 5.01 Å². The third-order valence-electron chi connectivity index (χ3n) is 4.16. The Hall–Kier alpha value is -2.51. The van der Waals surface area contributed by atoms with E-state index in [1.54, 1.807) is 11.3 Å². The molecule has 0 fully saturated rings. The maximum absolute atomic E-state index is 12.6. The molecule has 0 aliphatic rings. The molecule has 0 radical (unpaired) electrons. The van der Waals surface area contributed by atoms with E-state index in [4.69, 9.17) is 0 Å². The van der Waals surface area contributed by atoms with Gasteiger partial charge in [-0.05, 0) is 43.5 Å². The molecule has 4 rings (SSSR count). The highest BCUT2D eigenvalue weighted by Gasteiger charge is 2.20. The molecule has 7 heteroatoms. The molecule has 1 N–H and O–H groups in total. The first-order valence-electron chi connectivity index (χ1n) is 8.32. The normalized spacial score (nSPS) is 12.4. The number of fused-ring (bicyclic) bond motifs is 1. The van der Waals surface area contributed by atoms with Crippen LogP contribution in [-0.4, -0.2) is 27.2 Å². The lowest BCUT2D eigenvalue weighted by molar-refractivity contribution is 0.0949. The number of thiazole rings is 1. The van der Waals surface area contributed by atoms with Crippen LogP contribution in [0.5, 0.6) is 0 Å². The minimum absolute atomic E-state index is 0.0259. The Morgan fingerprint density at radius 2 is 2.08 bits per heavy atom. The molecule has 1 aromatic carbocycles. The molecule has 1 atom stereocenters. The molecule has 1 amide bonds. The van der Waals surface area contributed by atoms with Gasteiger partial charge in [0, 0.05) is 17.1 Å². The highest BCUT2D eigenvalue weighted by atomic mass is 32.1. The van der Waals surface area contributed by atoms with E-state index in [-0.39, 0.29) is 11.9 Å². The van der Waals surface area contributed by atoms with Gasteiger partial charge in [0.1, 0.15) is 6.04 Å². The molecule has 3 aromatic heterocycles. The van der Waals surface area contributed by atoms with Crippen LogP contribution in [0.25, 0.3) is 10.2 Å². The fourth-order valence-corrected chi connectivity index (χ4v) is 4.68. The van der Waals surface area contributed by atoms with E-state index in [1.807, 2.05) is 54.2 Å². The first kappa shape index (κ1) is 16.9. The van der Waals surface area contributed by atoms with Crippen molar-refractivity contribution in [1.29, 1.82) is 0 Å². The third-order valence-corrected chi connectivity index (χ3v) is 6.16. The number of nitrogens with one attached hydrogen (secondary N) is 1. The van der Waals surface area contributed by atoms with E-state index >= 15 is 0 Å². The number of benzene rings is 1. The number of nitrogens with zero attached hydrogens (tertiary/aromatic N) is 3. The molecule has 0 saturated heterocycles. The zero-order chi connectivity index (χ0) is 18.1. The molecular formula is C19H18N4OS2. The number of thiophene rings is 1. The van der Waals surface area contributed by atoms with Crippen molar-refractivity contribution in [2.45, 2.75) is 19.9 Å². The van der Waals surface area contributed by atoms with Crippen molar-refractivity contribution >= 4 is 38.8 Å². The minimum atomic E-state index is -0.144. The van der Waals surface area contributed by atoms with Crippen LogP contribution in [0.2, 0.25) is 0 Å². The first-order chi connectivity index (χ1) is 12.6. The lowest BCUT2D eigenvalue weighted by Crippen LogP contribution is -2.31. The van der Waals surface area contributed by atoms with Gasteiger partial charge in [-0.3, -0.25) is 9.48 Å². The fraction of sp³-hybridized carbons (Fsp3) is 0.211. The second-order valence-electron chi connectivity index (χ2n) is 6.10. The highest BCUT2D eigenvalue weighted by molar-refractivity contribution is 7.20. The summed E-state index contributed by atoms with van der Waals surface area (Å²) in [5.41, 5.74) is 2.91. The Morgan fingerprint density at radius 1 is 1.23 bits per heavy atom. The highest BCUT2D eigenvalue weighted by Crippen LogP contribution is 2.25. The Labute approximate surface area is 159 Å². The Bertz CT molecular complexity index is 1020. The van der Waals surface area contributed by atoms with E-state index < -0.39 is 0 Å². The van der Waals surface area contributed by atoms with Crippen molar-refractivity contribution in [1.82, 2.24) is 20.1 Å². The molecule has 132 valence electrons. The van der Waals surface area contributed by atoms with Crippen LogP contribution >= 0.6 is 22.7 Å². The van der Waals surface area contributed by atoms with Crippen molar-refractivity contribution in [2.75, 3.05) is 6.54 Å². The first-order valence-corrected chi connectivity index (χ1v) is 10.0. The average Bonchev–Trinajstić information content (AvgIpc) is 3.35. The van der Waals surface area contributed by atoms with E-state index in [2.05, 4.69) is 27.5 Å². The van der Waals surface area contributed by atoms with Crippen molar-refractivity contribution in [3.8, 4) is 0 Å². The SMILES string of the molecule is Cc1cc(C)n(C(CNC(=O)c2nc3ccccc3s2)c2cccs2)n1. The maximum atomic E-state index is 12.6. The summed E-state index contributed by atoms with van der Waals surface area (Å²) < 4.78 is 3.01. The molecule has 1 unspecified atom stereocenters. The maximum Gasteiger partial charge on any atom is 0.280 e. The third kappa shape index (κ3) is 3.27. The number of para-hydroxylation sites is 1. The Balaban J connectivity index is 1.56. The van der Waals surface area contributed by atoms with Gasteiger partial charge in [0.05, 0.1) is 15.9 Å². The largest absolute Gasteiger partial charge is 0.347 e. The number of amides is 1. The van der Waals surface area contributed by atoms with Crippen LogP contribution in [0.15, 0.2) is 47.8 Å². The number of hydrogen-bond acceptors (Lipinski definition) is 5. The second kappa shape index (κ2) is 7.01. The van der Waals surface area contributed by atoms with Gasteiger partial charge >= 0.3 is 0 Å². The number of hydrogen-bond donors (Lipinski definition) is 1. The molecule has 3 heterocycles. The van der Waals surface area contributed by atoms with Crippen molar-refractivity contribution in [3.63, 3.8) is 0 Å². The van der Waals surface area contributed by atoms with E-state index in [9.17, 15) is 4.79 Å². The molecule has 5 nitrogen and oxygen atoms in total. The van der Waals surface area contributed by atoms with Gasteiger partial charge in [-0.2, -0.15) is 5.10 Å². The summed E-state index contributed by atoms with van der Waals surface area (Å²) in [5.74, 6) is -0.144. The van der Waals surface area contributed by atoms with Gasteiger partial charge in [-0.15, -0.1) is 22.7 Å². The molecule has 0 saturated carbocycles. The van der Waals surface area contributed by atoms with E-state index in [0.717, 1.165) is 21.6 Å². The van der Waals surface area contributed by atoms with Crippen LogP contribution in [-0.2, 0) is 0 Å². The summed E-state index contributed by atoms with van der Waals surface area (Å²) in [7, 11) is 0. The number of rotatable bonds is 5. The Morgan fingerprint density at radius 3 is 2.77 bits per heavy atom. The Kier molecular flexibility index (Phi) is 4.57. The second-order valence-corrected chi connectivity index (χ2v) is 8.11. The van der Waals surface area contributed by atoms with Crippen molar-refractivity contribution < 1.29 is 4.79 Å². The van der Waals surface area contributed by atoms with Gasteiger partial charge in [-0.1, -0.05) is 18.2 Å². The number of carbonyl (C=O) groups is 1. The quantitative estimate of drug-likeness (QED) is 0.563. The predicted octanol–water partition coefficient (Wildman–Crippen LogP) is 4.19. The molecule has 0 aliphatic carbocycles. The summed E-state index contributed by atoms with van der Waals surface area (Å²) in [5, 5.41) is 10.2. The molecule has 26 heavy (non-hydrogen) atoms. The van der Waals surface area contributed by atoms with Crippen LogP contribution < -0.4 is 5.32 Å². The van der Waals surface area contributed by atoms with E-state index in [1.165, 1.54) is 16.2 Å². The standard InChI is InChI=1S/C19H18N4OS2/c1-12-10-13(2)23(22-12)15(17-8-5-9-25-17)11-20-18(24)19-21-14-6-3-4-7-16(14)26-19/h3-10,15H,11H2,1-2H3,(H,20,24). The van der Waals surface area contributed by atoms with Gasteiger partial charge in [-0.25, -0.2) is 4.98 Å². The molecule has 0 spiro atoms. The number of carbonyl (C=O) groups excluding carboxylic acids is 1. The molecule has 4 aromatic rings. The summed E-state index contributed by atoms with van der Waals surface area (Å²) >= 11 is 3.08. The van der Waals surface area contributed by atoms with Crippen molar-refractivity contribution in [3.05, 3.63) is 69.1 Å². The van der Waals surface area contributed by atoms with Gasteiger partial charge in [0.25, 0.3) is 5.91 Å². The topological polar surface area (TPSA) is 59.8 Å². The van der Waals surface area contributed by atoms with Gasteiger partial charge in [0.2, 0.25) is 0 Å². The minimum Gasteiger partial charge on any atom is -0.347 e. The predicted molar refractivity (Wildman–Crippen MR) is 106 cm³/mol. The lowest BCUT2D eigenvalue weighted by Gasteiger charge is -2.18. The zero-order valence-electron chi connectivity index (χ0n) is 14.5. The number of aryl methyl sites for hydroxylation is 2. The monoisotopic (exact) mass is 382 g/mol. The van der Waals surface area contributed by atoms with Crippen LogP contribution in [0.1, 0.15) is 32.1 Å². The fourth-order valence-electron chi connectivity index (χ4n) is 2.98. The zero-order valence-corrected chi connectivity index (χ0v) is 16.1. The summed E-state index contributed by atoms with van der Waals surface area (Å²) in [6, 6.07) is 13.9. The van der Waals surface area contributed by atoms with Crippen LogP contribution in [0.4, 0.5) is 0 Å². The van der Waals surface area contributed by atoms with Crippen LogP contribution in [0.3, 0.4) is 0 Å². The lowest BCUT2D eigenvalue weighted by atomic mass is 10.2. The summed E-state index contributed by atoms with van der Waals surface area (Å²) in [6.45, 7) is 4.49. The summed E-state index contributed by atoms with van der Waals surface area (Å²) in [4.78, 5) is 18.2. The average molecular weight is 383 g/mol. The molecule has 0 bridgehead atoms. The van der Waals surface area contributed by atoms with E-state index in [0.29, 0.717) is 11.6 Å². The van der Waals surface area contributed by atoms with Gasteiger partial charge < -0.3 is 5.32 Å². The van der Waals surface area contributed by atoms with Crippen molar-refractivity contribution in [2.24, 2.45) is 0 Å². The summed E-state index contributed by atoms with van der Waals surface area (Å²) in [6.07, 6.45) is 0. The number of aromatic nitrogens is 3. The smallest absolute Gasteiger partial charge is 0.280 e. The van der Waals surface area contributed by atoms with Crippen LogP contribution in [0, 0.1) is 13.8 Å². The molecular weight excluding hydrogens is 364 g/mol. The molecule has 0 aliphatic heterocycles.